The second-order valence-corrected chi connectivity index (χ2v) is 6.90. The maximum absolute atomic E-state index is 11.8. The lowest BCUT2D eigenvalue weighted by atomic mass is 10.2. The Morgan fingerprint density at radius 3 is 2.74 bits per heavy atom. The van der Waals surface area contributed by atoms with Gasteiger partial charge in [0.25, 0.3) is 5.56 Å². The third-order valence-electron chi connectivity index (χ3n) is 2.80. The van der Waals surface area contributed by atoms with Crippen molar-refractivity contribution in [1.82, 2.24) is 9.97 Å². The van der Waals surface area contributed by atoms with E-state index in [9.17, 15) is 9.59 Å². The Hall–Kier alpha value is -2.28. The van der Waals surface area contributed by atoms with Gasteiger partial charge in [0.1, 0.15) is 0 Å². The second-order valence-electron chi connectivity index (χ2n) is 5.33. The van der Waals surface area contributed by atoms with Crippen LogP contribution in [0.5, 0.6) is 0 Å². The van der Waals surface area contributed by atoms with E-state index in [0.29, 0.717) is 22.6 Å². The number of rotatable bonds is 6. The molecule has 0 bridgehead atoms. The van der Waals surface area contributed by atoms with Gasteiger partial charge < -0.3 is 10.6 Å². The Morgan fingerprint density at radius 1 is 1.30 bits per heavy atom. The third kappa shape index (κ3) is 5.78. The first kappa shape index (κ1) is 17.1. The monoisotopic (exact) mass is 332 g/mol. The summed E-state index contributed by atoms with van der Waals surface area (Å²) in [4.78, 5) is 29.9. The number of nitrogens with zero attached hydrogens (tertiary/aromatic N) is 1. The van der Waals surface area contributed by atoms with Gasteiger partial charge in [-0.3, -0.25) is 14.6 Å². The zero-order chi connectivity index (χ0) is 16.8. The van der Waals surface area contributed by atoms with Gasteiger partial charge >= 0.3 is 0 Å². The summed E-state index contributed by atoms with van der Waals surface area (Å²) >= 11 is 1.73. The molecule has 1 aromatic heterocycles. The van der Waals surface area contributed by atoms with Gasteiger partial charge in [-0.05, 0) is 23.4 Å². The number of anilines is 3. The van der Waals surface area contributed by atoms with E-state index in [2.05, 4.69) is 34.4 Å². The number of aromatic amines is 1. The normalized spacial score (nSPS) is 10.6. The van der Waals surface area contributed by atoms with Crippen molar-refractivity contribution >= 4 is 35.0 Å². The number of amides is 1. The number of thioether (sulfide) groups is 1. The van der Waals surface area contributed by atoms with Crippen LogP contribution in [0.3, 0.4) is 0 Å². The maximum atomic E-state index is 11.8. The smallest absolute Gasteiger partial charge is 0.252 e. The Kier molecular flexibility index (Phi) is 5.81. The van der Waals surface area contributed by atoms with Crippen LogP contribution in [0, 0.1) is 0 Å². The summed E-state index contributed by atoms with van der Waals surface area (Å²) in [5, 5.41) is 6.24. The Labute approximate surface area is 139 Å². The molecule has 0 saturated carbocycles. The first-order valence-corrected chi connectivity index (χ1v) is 8.34. The molecule has 2 rings (SSSR count). The van der Waals surface area contributed by atoms with Gasteiger partial charge in [-0.25, -0.2) is 4.98 Å². The SMILES string of the molecule is CC(=O)Nc1cccc(Nc2nc(CSC(C)C)cc(=O)[nH]2)c1. The lowest BCUT2D eigenvalue weighted by Crippen LogP contribution is -2.12. The summed E-state index contributed by atoms with van der Waals surface area (Å²) in [7, 11) is 0. The van der Waals surface area contributed by atoms with Crippen molar-refractivity contribution in [2.75, 3.05) is 10.6 Å². The Morgan fingerprint density at radius 2 is 2.04 bits per heavy atom. The predicted octanol–water partition coefficient (Wildman–Crippen LogP) is 3.11. The molecule has 0 unspecified atom stereocenters. The zero-order valence-corrected chi connectivity index (χ0v) is 14.2. The molecule has 0 saturated heterocycles. The van der Waals surface area contributed by atoms with E-state index in [1.165, 1.54) is 13.0 Å². The average Bonchev–Trinajstić information content (AvgIpc) is 2.44. The number of hydrogen-bond donors (Lipinski definition) is 3. The molecule has 1 heterocycles. The van der Waals surface area contributed by atoms with Crippen LogP contribution in [0.15, 0.2) is 35.1 Å². The number of carbonyl (C=O) groups is 1. The van der Waals surface area contributed by atoms with Crippen LogP contribution in [0.1, 0.15) is 26.5 Å². The fraction of sp³-hybridized carbons (Fsp3) is 0.312. The lowest BCUT2D eigenvalue weighted by molar-refractivity contribution is -0.114. The van der Waals surface area contributed by atoms with Crippen LogP contribution >= 0.6 is 11.8 Å². The molecule has 0 radical (unpaired) electrons. The predicted molar refractivity (Wildman–Crippen MR) is 95.3 cm³/mol. The topological polar surface area (TPSA) is 86.9 Å². The van der Waals surface area contributed by atoms with E-state index in [-0.39, 0.29) is 11.5 Å². The molecule has 1 aromatic carbocycles. The van der Waals surface area contributed by atoms with Crippen LogP contribution in [-0.4, -0.2) is 21.1 Å². The number of aromatic nitrogens is 2. The summed E-state index contributed by atoms with van der Waals surface area (Å²) in [6, 6.07) is 8.72. The van der Waals surface area contributed by atoms with Gasteiger partial charge in [-0.15, -0.1) is 0 Å². The molecular weight excluding hydrogens is 312 g/mol. The highest BCUT2D eigenvalue weighted by Gasteiger charge is 2.05. The number of nitrogens with one attached hydrogen (secondary N) is 3. The van der Waals surface area contributed by atoms with E-state index in [4.69, 9.17) is 0 Å². The summed E-state index contributed by atoms with van der Waals surface area (Å²) in [6.45, 7) is 5.66. The molecular formula is C16H20N4O2S. The van der Waals surface area contributed by atoms with Gasteiger partial charge in [-0.2, -0.15) is 11.8 Å². The highest BCUT2D eigenvalue weighted by Crippen LogP contribution is 2.19. The molecule has 0 spiro atoms. The van der Waals surface area contributed by atoms with Gasteiger partial charge in [0, 0.05) is 30.1 Å². The molecule has 0 aliphatic carbocycles. The van der Waals surface area contributed by atoms with Crippen molar-refractivity contribution in [3.05, 3.63) is 46.4 Å². The largest absolute Gasteiger partial charge is 0.326 e. The summed E-state index contributed by atoms with van der Waals surface area (Å²) in [6.07, 6.45) is 0. The minimum Gasteiger partial charge on any atom is -0.326 e. The zero-order valence-electron chi connectivity index (χ0n) is 13.3. The number of benzene rings is 1. The van der Waals surface area contributed by atoms with Crippen molar-refractivity contribution in [1.29, 1.82) is 0 Å². The van der Waals surface area contributed by atoms with Gasteiger partial charge in [-0.1, -0.05) is 19.9 Å². The summed E-state index contributed by atoms with van der Waals surface area (Å²) in [5.41, 5.74) is 1.94. The standard InChI is InChI=1S/C16H20N4O2S/c1-10(2)23-9-14-8-15(22)20-16(19-14)18-13-6-4-5-12(7-13)17-11(3)21/h4-8,10H,9H2,1-3H3,(H,17,21)(H2,18,19,20,22). The highest BCUT2D eigenvalue weighted by molar-refractivity contribution is 7.99. The minimum atomic E-state index is -0.195. The fourth-order valence-electron chi connectivity index (χ4n) is 1.91. The number of hydrogen-bond acceptors (Lipinski definition) is 5. The highest BCUT2D eigenvalue weighted by atomic mass is 32.2. The van der Waals surface area contributed by atoms with E-state index >= 15 is 0 Å². The van der Waals surface area contributed by atoms with E-state index < -0.39 is 0 Å². The molecule has 1 amide bonds. The molecule has 6 nitrogen and oxygen atoms in total. The van der Waals surface area contributed by atoms with E-state index in [0.717, 1.165) is 11.4 Å². The van der Waals surface area contributed by atoms with E-state index in [1.807, 2.05) is 12.1 Å². The minimum absolute atomic E-state index is 0.138. The number of H-pyrrole nitrogens is 1. The second kappa shape index (κ2) is 7.82. The first-order valence-electron chi connectivity index (χ1n) is 7.29. The molecule has 0 aliphatic heterocycles. The molecule has 0 aliphatic rings. The average molecular weight is 332 g/mol. The van der Waals surface area contributed by atoms with Crippen molar-refractivity contribution in [3.63, 3.8) is 0 Å². The van der Waals surface area contributed by atoms with Crippen molar-refractivity contribution < 1.29 is 4.79 Å². The summed E-state index contributed by atoms with van der Waals surface area (Å²) in [5.74, 6) is 0.931. The Balaban J connectivity index is 2.16. The van der Waals surface area contributed by atoms with E-state index in [1.54, 1.807) is 23.9 Å². The summed E-state index contributed by atoms with van der Waals surface area (Å²) < 4.78 is 0. The maximum Gasteiger partial charge on any atom is 0.252 e. The quantitative estimate of drug-likeness (QED) is 0.756. The van der Waals surface area contributed by atoms with Crippen LogP contribution in [0.25, 0.3) is 0 Å². The van der Waals surface area contributed by atoms with Gasteiger partial charge in [0.2, 0.25) is 11.9 Å². The first-order chi connectivity index (χ1) is 10.9. The molecule has 0 atom stereocenters. The third-order valence-corrected chi connectivity index (χ3v) is 3.93. The van der Waals surface area contributed by atoms with Gasteiger partial charge in [0.05, 0.1) is 5.69 Å². The molecule has 122 valence electrons. The Bertz CT molecular complexity index is 743. The lowest BCUT2D eigenvalue weighted by Gasteiger charge is -2.09. The molecule has 3 N–H and O–H groups in total. The van der Waals surface area contributed by atoms with Crippen molar-refractivity contribution in [3.8, 4) is 0 Å². The number of carbonyl (C=O) groups excluding carboxylic acids is 1. The fourth-order valence-corrected chi connectivity index (χ4v) is 2.56. The van der Waals surface area contributed by atoms with Crippen LogP contribution in [0.2, 0.25) is 0 Å². The van der Waals surface area contributed by atoms with Crippen molar-refractivity contribution in [2.45, 2.75) is 31.8 Å². The van der Waals surface area contributed by atoms with Crippen LogP contribution in [0.4, 0.5) is 17.3 Å². The van der Waals surface area contributed by atoms with Crippen LogP contribution < -0.4 is 16.2 Å². The van der Waals surface area contributed by atoms with Crippen molar-refractivity contribution in [2.24, 2.45) is 0 Å². The molecule has 23 heavy (non-hydrogen) atoms. The van der Waals surface area contributed by atoms with Crippen LogP contribution in [-0.2, 0) is 10.5 Å². The van der Waals surface area contributed by atoms with Gasteiger partial charge in [0.15, 0.2) is 0 Å². The molecule has 7 heteroatoms. The molecule has 0 fully saturated rings. The molecule has 2 aromatic rings.